The molecular weight excluding hydrogens is 242 g/mol. The second-order valence-corrected chi connectivity index (χ2v) is 4.92. The van der Waals surface area contributed by atoms with Crippen LogP contribution in [0, 0.1) is 0 Å². The summed E-state index contributed by atoms with van der Waals surface area (Å²) >= 11 is 7.16. The van der Waals surface area contributed by atoms with Crippen LogP contribution in [0.4, 0.5) is 0 Å². The summed E-state index contributed by atoms with van der Waals surface area (Å²) in [6.07, 6.45) is 0.863. The number of nitrogens with one attached hydrogen (secondary N) is 1. The molecule has 0 atom stereocenters. The van der Waals surface area contributed by atoms with Crippen LogP contribution in [0.25, 0.3) is 10.1 Å². The predicted molar refractivity (Wildman–Crippen MR) is 69.3 cm³/mol. The van der Waals surface area contributed by atoms with Gasteiger partial charge >= 0.3 is 0 Å². The average Bonchev–Trinajstić information content (AvgIpc) is 2.71. The molecule has 2 aromatic rings. The molecule has 0 saturated carbocycles. The zero-order chi connectivity index (χ0) is 11.4. The molecule has 1 aromatic carbocycles. The van der Waals surface area contributed by atoms with Crippen molar-refractivity contribution in [2.24, 2.45) is 0 Å². The van der Waals surface area contributed by atoms with E-state index < -0.39 is 0 Å². The van der Waals surface area contributed by atoms with E-state index in [-0.39, 0.29) is 11.8 Å². The molecule has 0 aliphatic carbocycles. The molecule has 0 saturated heterocycles. The van der Waals surface area contributed by atoms with E-state index in [1.165, 1.54) is 15.0 Å². The van der Waals surface area contributed by atoms with Crippen molar-refractivity contribution in [2.45, 2.75) is 6.42 Å². The molecule has 16 heavy (non-hydrogen) atoms. The number of amides is 1. The van der Waals surface area contributed by atoms with Crippen LogP contribution in [0.5, 0.6) is 0 Å². The molecule has 0 spiro atoms. The molecular formula is C12H12ClNOS. The maximum atomic E-state index is 10.9. The number of fused-ring (bicyclic) bond motifs is 1. The van der Waals surface area contributed by atoms with Crippen molar-refractivity contribution in [1.82, 2.24) is 5.32 Å². The van der Waals surface area contributed by atoms with Gasteiger partial charge < -0.3 is 5.32 Å². The van der Waals surface area contributed by atoms with Crippen molar-refractivity contribution in [2.75, 3.05) is 12.4 Å². The highest BCUT2D eigenvalue weighted by molar-refractivity contribution is 7.19. The third-order valence-electron chi connectivity index (χ3n) is 2.29. The van der Waals surface area contributed by atoms with E-state index in [2.05, 4.69) is 23.5 Å². The first-order valence-electron chi connectivity index (χ1n) is 5.09. The third kappa shape index (κ3) is 2.74. The molecule has 0 fully saturated rings. The van der Waals surface area contributed by atoms with Crippen molar-refractivity contribution in [3.8, 4) is 0 Å². The van der Waals surface area contributed by atoms with E-state index in [1.54, 1.807) is 11.3 Å². The topological polar surface area (TPSA) is 29.1 Å². The summed E-state index contributed by atoms with van der Waals surface area (Å²) in [4.78, 5) is 12.2. The van der Waals surface area contributed by atoms with Crippen LogP contribution in [0.15, 0.2) is 30.3 Å². The molecule has 2 nitrogen and oxygen atoms in total. The van der Waals surface area contributed by atoms with Crippen LogP contribution in [0.2, 0.25) is 0 Å². The van der Waals surface area contributed by atoms with Crippen molar-refractivity contribution in [3.63, 3.8) is 0 Å². The Labute approximate surface area is 103 Å². The number of hydrogen-bond donors (Lipinski definition) is 1. The number of alkyl halides is 1. The molecule has 2 rings (SSSR count). The lowest BCUT2D eigenvalue weighted by Crippen LogP contribution is -2.26. The first kappa shape index (κ1) is 11.4. The van der Waals surface area contributed by atoms with E-state index in [0.717, 1.165) is 6.42 Å². The first-order valence-corrected chi connectivity index (χ1v) is 6.45. The number of thiophene rings is 1. The van der Waals surface area contributed by atoms with Crippen molar-refractivity contribution >= 4 is 38.9 Å². The van der Waals surface area contributed by atoms with Gasteiger partial charge in [-0.2, -0.15) is 0 Å². The van der Waals surface area contributed by atoms with E-state index in [1.807, 2.05) is 12.1 Å². The molecule has 4 heteroatoms. The van der Waals surface area contributed by atoms with Crippen molar-refractivity contribution in [1.29, 1.82) is 0 Å². The van der Waals surface area contributed by atoms with Gasteiger partial charge in [-0.3, -0.25) is 4.79 Å². The van der Waals surface area contributed by atoms with Gasteiger partial charge in [-0.15, -0.1) is 22.9 Å². The molecule has 1 heterocycles. The van der Waals surface area contributed by atoms with Gasteiger partial charge in [0.05, 0.1) is 0 Å². The zero-order valence-electron chi connectivity index (χ0n) is 8.70. The Morgan fingerprint density at radius 3 is 2.94 bits per heavy atom. The molecule has 0 bridgehead atoms. The lowest BCUT2D eigenvalue weighted by atomic mass is 10.2. The number of hydrogen-bond acceptors (Lipinski definition) is 2. The predicted octanol–water partition coefficient (Wildman–Crippen LogP) is 2.80. The Hall–Kier alpha value is -1.06. The maximum Gasteiger partial charge on any atom is 0.234 e. The molecule has 1 amide bonds. The highest BCUT2D eigenvalue weighted by atomic mass is 35.5. The largest absolute Gasteiger partial charge is 0.355 e. The quantitative estimate of drug-likeness (QED) is 0.835. The summed E-state index contributed by atoms with van der Waals surface area (Å²) in [5, 5.41) is 4.03. The molecule has 0 radical (unpaired) electrons. The van der Waals surface area contributed by atoms with Crippen LogP contribution < -0.4 is 5.32 Å². The Morgan fingerprint density at radius 1 is 1.38 bits per heavy atom. The van der Waals surface area contributed by atoms with E-state index in [4.69, 9.17) is 11.6 Å². The van der Waals surface area contributed by atoms with Crippen molar-refractivity contribution < 1.29 is 4.79 Å². The molecule has 0 unspecified atom stereocenters. The number of carbonyl (C=O) groups is 1. The van der Waals surface area contributed by atoms with E-state index in [0.29, 0.717) is 6.54 Å². The highest BCUT2D eigenvalue weighted by Gasteiger charge is 2.02. The standard InChI is InChI=1S/C12H12ClNOS/c13-8-12(15)14-6-5-10-7-9-3-1-2-4-11(9)16-10/h1-4,7H,5-6,8H2,(H,14,15). The van der Waals surface area contributed by atoms with Gasteiger partial charge in [0.15, 0.2) is 0 Å². The smallest absolute Gasteiger partial charge is 0.234 e. The van der Waals surface area contributed by atoms with Crippen LogP contribution in [0.1, 0.15) is 4.88 Å². The SMILES string of the molecule is O=C(CCl)NCCc1cc2ccccc2s1. The first-order chi connectivity index (χ1) is 7.79. The number of rotatable bonds is 4. The lowest BCUT2D eigenvalue weighted by molar-refractivity contribution is -0.118. The fourth-order valence-electron chi connectivity index (χ4n) is 1.53. The molecule has 0 aliphatic rings. The second-order valence-electron chi connectivity index (χ2n) is 3.48. The van der Waals surface area contributed by atoms with Gasteiger partial charge in [-0.25, -0.2) is 0 Å². The minimum Gasteiger partial charge on any atom is -0.355 e. The van der Waals surface area contributed by atoms with Gasteiger partial charge in [0.2, 0.25) is 5.91 Å². The van der Waals surface area contributed by atoms with Gasteiger partial charge in [0.1, 0.15) is 5.88 Å². The van der Waals surface area contributed by atoms with Crippen molar-refractivity contribution in [3.05, 3.63) is 35.2 Å². The minimum atomic E-state index is -0.109. The number of halogens is 1. The molecule has 0 aliphatic heterocycles. The normalized spacial score (nSPS) is 10.6. The van der Waals surface area contributed by atoms with Crippen LogP contribution >= 0.6 is 22.9 Å². The van der Waals surface area contributed by atoms with Gasteiger partial charge in [0.25, 0.3) is 0 Å². The monoisotopic (exact) mass is 253 g/mol. The van der Waals surface area contributed by atoms with Crippen LogP contribution in [-0.4, -0.2) is 18.3 Å². The Morgan fingerprint density at radius 2 is 2.19 bits per heavy atom. The summed E-state index contributed by atoms with van der Waals surface area (Å²) < 4.78 is 1.29. The molecule has 1 N–H and O–H groups in total. The summed E-state index contributed by atoms with van der Waals surface area (Å²) in [6, 6.07) is 10.5. The maximum absolute atomic E-state index is 10.9. The Kier molecular flexibility index (Phi) is 3.80. The minimum absolute atomic E-state index is 0.0341. The number of benzene rings is 1. The molecule has 84 valence electrons. The second kappa shape index (κ2) is 5.32. The van der Waals surface area contributed by atoms with Gasteiger partial charge in [-0.05, 0) is 23.9 Å². The van der Waals surface area contributed by atoms with Crippen LogP contribution in [-0.2, 0) is 11.2 Å². The lowest BCUT2D eigenvalue weighted by Gasteiger charge is -1.99. The van der Waals surface area contributed by atoms with Crippen LogP contribution in [0.3, 0.4) is 0 Å². The molecule has 1 aromatic heterocycles. The highest BCUT2D eigenvalue weighted by Crippen LogP contribution is 2.25. The average molecular weight is 254 g/mol. The summed E-state index contributed by atoms with van der Waals surface area (Å²) in [7, 11) is 0. The Bertz CT molecular complexity index is 461. The number of carbonyl (C=O) groups excluding carboxylic acids is 1. The zero-order valence-corrected chi connectivity index (χ0v) is 10.3. The van der Waals surface area contributed by atoms with Gasteiger partial charge in [-0.1, -0.05) is 18.2 Å². The van der Waals surface area contributed by atoms with E-state index in [9.17, 15) is 4.79 Å². The van der Waals surface area contributed by atoms with Gasteiger partial charge in [0, 0.05) is 16.1 Å². The Balaban J connectivity index is 1.97. The summed E-state index contributed by atoms with van der Waals surface area (Å²) in [6.45, 7) is 0.651. The summed E-state index contributed by atoms with van der Waals surface area (Å²) in [5.74, 6) is -0.0744. The summed E-state index contributed by atoms with van der Waals surface area (Å²) in [5.41, 5.74) is 0. The fraction of sp³-hybridized carbons (Fsp3) is 0.250. The van der Waals surface area contributed by atoms with E-state index >= 15 is 0 Å². The fourth-order valence-corrected chi connectivity index (χ4v) is 2.69. The third-order valence-corrected chi connectivity index (χ3v) is 3.71.